The van der Waals surface area contributed by atoms with Crippen LogP contribution in [0.4, 0.5) is 0 Å². The summed E-state index contributed by atoms with van der Waals surface area (Å²) in [7, 11) is 0. The van der Waals surface area contributed by atoms with Crippen molar-refractivity contribution < 1.29 is 0 Å². The van der Waals surface area contributed by atoms with Gasteiger partial charge in [-0.3, -0.25) is 0 Å². The van der Waals surface area contributed by atoms with Gasteiger partial charge in [-0.2, -0.15) is 0 Å². The highest BCUT2D eigenvalue weighted by molar-refractivity contribution is 5.50. The van der Waals surface area contributed by atoms with Gasteiger partial charge in [0.25, 0.3) is 0 Å². The average Bonchev–Trinajstić information content (AvgIpc) is 2.61. The molecule has 0 aromatic carbocycles. The molecular weight excluding hydrogens is 180 g/mol. The van der Waals surface area contributed by atoms with E-state index in [1.165, 1.54) is 44.9 Å². The largest absolute Gasteiger partial charge is 0.0645 e. The summed E-state index contributed by atoms with van der Waals surface area (Å²) in [5, 5.41) is 0. The van der Waals surface area contributed by atoms with Crippen molar-refractivity contribution in [3.05, 3.63) is 22.3 Å². The van der Waals surface area contributed by atoms with Crippen LogP contribution in [-0.4, -0.2) is 0 Å². The molecule has 0 aromatic rings. The van der Waals surface area contributed by atoms with Crippen LogP contribution >= 0.6 is 0 Å². The van der Waals surface area contributed by atoms with Crippen LogP contribution < -0.4 is 0 Å². The first-order chi connectivity index (χ1) is 7.33. The molecule has 15 heavy (non-hydrogen) atoms. The lowest BCUT2D eigenvalue weighted by molar-refractivity contribution is 0.591. The summed E-state index contributed by atoms with van der Waals surface area (Å²) in [5.41, 5.74) is 7.15. The molecule has 0 saturated heterocycles. The van der Waals surface area contributed by atoms with E-state index in [-0.39, 0.29) is 0 Å². The lowest BCUT2D eigenvalue weighted by atomic mass is 9.85. The Balaban J connectivity index is 2.39. The molecule has 0 radical (unpaired) electrons. The summed E-state index contributed by atoms with van der Waals surface area (Å²) in [4.78, 5) is 0. The van der Waals surface area contributed by atoms with Gasteiger partial charge in [0.05, 0.1) is 0 Å². The monoisotopic (exact) mass is 204 g/mol. The van der Waals surface area contributed by atoms with Crippen molar-refractivity contribution in [1.29, 1.82) is 0 Å². The predicted molar refractivity (Wildman–Crippen MR) is 66.9 cm³/mol. The van der Waals surface area contributed by atoms with Crippen molar-refractivity contribution in [1.82, 2.24) is 0 Å². The fraction of sp³-hybridized carbons (Fsp3) is 0.733. The van der Waals surface area contributed by atoms with E-state index in [1.54, 1.807) is 16.7 Å². The second kappa shape index (κ2) is 4.55. The van der Waals surface area contributed by atoms with Gasteiger partial charge in [-0.05, 0) is 56.1 Å². The highest BCUT2D eigenvalue weighted by Crippen LogP contribution is 2.47. The molecule has 0 aromatic heterocycles. The molecule has 2 rings (SSSR count). The zero-order chi connectivity index (χ0) is 10.8. The number of allylic oxidation sites excluding steroid dienone is 4. The summed E-state index contributed by atoms with van der Waals surface area (Å²) in [6.07, 6.45) is 9.48. The van der Waals surface area contributed by atoms with Crippen LogP contribution in [0.3, 0.4) is 0 Å². The minimum absolute atomic E-state index is 0.834. The van der Waals surface area contributed by atoms with Gasteiger partial charge < -0.3 is 0 Å². The van der Waals surface area contributed by atoms with Crippen molar-refractivity contribution >= 4 is 0 Å². The van der Waals surface area contributed by atoms with E-state index < -0.39 is 0 Å². The maximum atomic E-state index is 2.36. The normalized spacial score (nSPS) is 26.2. The van der Waals surface area contributed by atoms with Gasteiger partial charge in [-0.1, -0.05) is 31.9 Å². The number of rotatable bonds is 3. The van der Waals surface area contributed by atoms with Crippen LogP contribution in [0.5, 0.6) is 0 Å². The molecule has 0 nitrogen and oxygen atoms in total. The topological polar surface area (TPSA) is 0 Å². The number of hydrogen-bond acceptors (Lipinski definition) is 0. The fourth-order valence-corrected chi connectivity index (χ4v) is 3.67. The van der Waals surface area contributed by atoms with Crippen LogP contribution in [0.1, 0.15) is 65.7 Å². The Hall–Kier alpha value is -0.520. The summed E-state index contributed by atoms with van der Waals surface area (Å²) < 4.78 is 0. The minimum atomic E-state index is 0.834. The first-order valence-electron chi connectivity index (χ1n) is 6.77. The Bertz CT molecular complexity index is 292. The van der Waals surface area contributed by atoms with Crippen molar-refractivity contribution in [2.45, 2.75) is 65.7 Å². The molecule has 0 amide bonds. The summed E-state index contributed by atoms with van der Waals surface area (Å²) in [6.45, 7) is 7.03. The van der Waals surface area contributed by atoms with Gasteiger partial charge in [-0.15, -0.1) is 0 Å². The third-order valence-corrected chi connectivity index (χ3v) is 4.25. The van der Waals surface area contributed by atoms with Crippen LogP contribution in [0.2, 0.25) is 0 Å². The molecular formula is C15H24. The van der Waals surface area contributed by atoms with Crippen molar-refractivity contribution in [3.8, 4) is 0 Å². The third kappa shape index (κ3) is 1.68. The second-order valence-corrected chi connectivity index (χ2v) is 4.88. The lowest BCUT2D eigenvalue weighted by Gasteiger charge is -2.20. The van der Waals surface area contributed by atoms with Gasteiger partial charge in [0.15, 0.2) is 0 Å². The molecule has 0 bridgehead atoms. The molecule has 2 aliphatic rings. The molecule has 0 saturated carbocycles. The second-order valence-electron chi connectivity index (χ2n) is 4.88. The van der Waals surface area contributed by atoms with E-state index >= 15 is 0 Å². The van der Waals surface area contributed by atoms with E-state index in [0.717, 1.165) is 5.92 Å². The molecule has 0 heteroatoms. The van der Waals surface area contributed by atoms with Gasteiger partial charge in [-0.25, -0.2) is 0 Å². The lowest BCUT2D eigenvalue weighted by Crippen LogP contribution is -2.05. The van der Waals surface area contributed by atoms with Crippen LogP contribution in [0.15, 0.2) is 22.3 Å². The van der Waals surface area contributed by atoms with E-state index in [9.17, 15) is 0 Å². The maximum absolute atomic E-state index is 2.36. The van der Waals surface area contributed by atoms with Crippen LogP contribution in [0, 0.1) is 5.92 Å². The van der Waals surface area contributed by atoms with Crippen LogP contribution in [0.25, 0.3) is 0 Å². The SMILES string of the molecule is CCC1=C(CC)C(CC)C2=C1CCCC2. The number of hydrogen-bond donors (Lipinski definition) is 0. The van der Waals surface area contributed by atoms with Crippen molar-refractivity contribution in [3.63, 3.8) is 0 Å². The summed E-state index contributed by atoms with van der Waals surface area (Å²) in [6, 6.07) is 0. The smallest absolute Gasteiger partial charge is 0.00161 e. The Morgan fingerprint density at radius 3 is 2.33 bits per heavy atom. The molecule has 0 N–H and O–H groups in total. The van der Waals surface area contributed by atoms with E-state index in [4.69, 9.17) is 0 Å². The Kier molecular flexibility index (Phi) is 3.33. The molecule has 2 aliphatic carbocycles. The van der Waals surface area contributed by atoms with E-state index in [0.29, 0.717) is 0 Å². The predicted octanol–water partition coefficient (Wildman–Crippen LogP) is 5.01. The van der Waals surface area contributed by atoms with Gasteiger partial charge in [0, 0.05) is 5.92 Å². The molecule has 0 heterocycles. The van der Waals surface area contributed by atoms with E-state index in [1.807, 2.05) is 5.57 Å². The van der Waals surface area contributed by atoms with Crippen molar-refractivity contribution in [2.75, 3.05) is 0 Å². The van der Waals surface area contributed by atoms with Crippen LogP contribution in [-0.2, 0) is 0 Å². The Morgan fingerprint density at radius 1 is 1.00 bits per heavy atom. The minimum Gasteiger partial charge on any atom is -0.0645 e. The highest BCUT2D eigenvalue weighted by Gasteiger charge is 2.31. The maximum Gasteiger partial charge on any atom is 0.00161 e. The van der Waals surface area contributed by atoms with Gasteiger partial charge in [0.2, 0.25) is 0 Å². The van der Waals surface area contributed by atoms with Gasteiger partial charge in [0.1, 0.15) is 0 Å². The molecule has 0 fully saturated rings. The Labute approximate surface area is 94.5 Å². The molecule has 1 atom stereocenters. The average molecular weight is 204 g/mol. The van der Waals surface area contributed by atoms with E-state index in [2.05, 4.69) is 20.8 Å². The molecule has 0 aliphatic heterocycles. The highest BCUT2D eigenvalue weighted by atomic mass is 14.4. The molecule has 1 unspecified atom stereocenters. The zero-order valence-corrected chi connectivity index (χ0v) is 10.5. The standard InChI is InChI=1S/C15H24/c1-4-11-12(5-2)14-9-7-8-10-15(14)13(11)6-3/h12H,4-10H2,1-3H3. The molecule has 0 spiro atoms. The first-order valence-corrected chi connectivity index (χ1v) is 6.77. The zero-order valence-electron chi connectivity index (χ0n) is 10.5. The summed E-state index contributed by atoms with van der Waals surface area (Å²) in [5.74, 6) is 0.834. The van der Waals surface area contributed by atoms with Gasteiger partial charge >= 0.3 is 0 Å². The quantitative estimate of drug-likeness (QED) is 0.606. The molecule has 84 valence electrons. The van der Waals surface area contributed by atoms with Crippen molar-refractivity contribution in [2.24, 2.45) is 5.92 Å². The Morgan fingerprint density at radius 2 is 1.73 bits per heavy atom. The summed E-state index contributed by atoms with van der Waals surface area (Å²) >= 11 is 0. The third-order valence-electron chi connectivity index (χ3n) is 4.25. The first kappa shape index (κ1) is 11.0. The fourth-order valence-electron chi connectivity index (χ4n) is 3.67.